The number of hydrogen-bond donors (Lipinski definition) is 1. The van der Waals surface area contributed by atoms with E-state index in [0.29, 0.717) is 18.9 Å². The van der Waals surface area contributed by atoms with Crippen LogP contribution in [0.5, 0.6) is 0 Å². The summed E-state index contributed by atoms with van der Waals surface area (Å²) in [5.74, 6) is -3.67. The molecule has 4 rings (SSSR count). The molecule has 0 aliphatic carbocycles. The van der Waals surface area contributed by atoms with E-state index < -0.39 is 29.2 Å². The SMILES string of the molecule is COCc1nc(=O)n(C(=O)CCCN2CCC(c3cccc(NC(C)=O)c3)CC2)c(-c2ccc(F)c(F)c2)c1C(=O)OC. The van der Waals surface area contributed by atoms with Crippen LogP contribution in [-0.2, 0) is 20.9 Å². The van der Waals surface area contributed by atoms with Crippen molar-refractivity contribution >= 4 is 23.5 Å². The van der Waals surface area contributed by atoms with E-state index in [-0.39, 0.29) is 41.4 Å². The average Bonchev–Trinajstić information content (AvgIpc) is 2.98. The zero-order valence-electron chi connectivity index (χ0n) is 24.3. The fourth-order valence-corrected chi connectivity index (χ4v) is 5.40. The summed E-state index contributed by atoms with van der Waals surface area (Å²) in [5.41, 5.74) is 0.340. The fourth-order valence-electron chi connectivity index (χ4n) is 5.40. The zero-order chi connectivity index (χ0) is 31.1. The van der Waals surface area contributed by atoms with E-state index in [1.54, 1.807) is 0 Å². The molecule has 0 spiro atoms. The molecule has 0 unspecified atom stereocenters. The minimum atomic E-state index is -1.21. The second-order valence-corrected chi connectivity index (χ2v) is 10.4. The van der Waals surface area contributed by atoms with Crippen molar-refractivity contribution in [1.29, 1.82) is 0 Å². The van der Waals surface area contributed by atoms with Gasteiger partial charge in [0.2, 0.25) is 11.8 Å². The molecule has 1 aromatic heterocycles. The van der Waals surface area contributed by atoms with Gasteiger partial charge in [-0.05, 0) is 80.7 Å². The van der Waals surface area contributed by atoms with Crippen LogP contribution in [0.25, 0.3) is 11.3 Å². The molecule has 1 aliphatic rings. The summed E-state index contributed by atoms with van der Waals surface area (Å²) >= 11 is 0. The molecule has 0 radical (unpaired) electrons. The van der Waals surface area contributed by atoms with Crippen LogP contribution < -0.4 is 11.0 Å². The number of nitrogens with one attached hydrogen (secondary N) is 1. The molecule has 2 heterocycles. The van der Waals surface area contributed by atoms with Gasteiger partial charge in [-0.3, -0.25) is 9.59 Å². The number of anilines is 1. The predicted molar refractivity (Wildman–Crippen MR) is 155 cm³/mol. The van der Waals surface area contributed by atoms with Gasteiger partial charge >= 0.3 is 11.7 Å². The Kier molecular flexibility index (Phi) is 10.5. The number of hydrogen-bond acceptors (Lipinski definition) is 8. The van der Waals surface area contributed by atoms with Crippen molar-refractivity contribution in [3.8, 4) is 11.3 Å². The zero-order valence-corrected chi connectivity index (χ0v) is 24.3. The molecule has 1 fully saturated rings. The van der Waals surface area contributed by atoms with Gasteiger partial charge in [-0.25, -0.2) is 22.9 Å². The first-order chi connectivity index (χ1) is 20.6. The number of carbonyl (C=O) groups excluding carboxylic acids is 3. The largest absolute Gasteiger partial charge is 0.465 e. The van der Waals surface area contributed by atoms with Crippen LogP contribution in [0.15, 0.2) is 47.3 Å². The number of benzene rings is 2. The van der Waals surface area contributed by atoms with Gasteiger partial charge in [0.15, 0.2) is 11.6 Å². The number of piperidine rings is 1. The molecule has 0 saturated carbocycles. The Bertz CT molecular complexity index is 1570. The van der Waals surface area contributed by atoms with Gasteiger partial charge in [0.25, 0.3) is 0 Å². The van der Waals surface area contributed by atoms with Crippen LogP contribution in [0.4, 0.5) is 14.5 Å². The Morgan fingerprint density at radius 1 is 1.05 bits per heavy atom. The van der Waals surface area contributed by atoms with Crippen LogP contribution in [-0.4, -0.2) is 66.1 Å². The van der Waals surface area contributed by atoms with Gasteiger partial charge in [0, 0.05) is 31.7 Å². The van der Waals surface area contributed by atoms with Gasteiger partial charge in [-0.2, -0.15) is 4.98 Å². The van der Waals surface area contributed by atoms with Gasteiger partial charge in [-0.1, -0.05) is 12.1 Å². The topological polar surface area (TPSA) is 120 Å². The predicted octanol–water partition coefficient (Wildman–Crippen LogP) is 4.38. The fraction of sp³-hybridized carbons (Fsp3) is 0.387. The summed E-state index contributed by atoms with van der Waals surface area (Å²) in [4.78, 5) is 56.9. The number of likely N-dealkylation sites (tertiary alicyclic amines) is 1. The maximum Gasteiger partial charge on any atom is 0.355 e. The van der Waals surface area contributed by atoms with E-state index in [2.05, 4.69) is 21.3 Å². The Labute approximate surface area is 247 Å². The van der Waals surface area contributed by atoms with Crippen molar-refractivity contribution in [2.75, 3.05) is 39.2 Å². The van der Waals surface area contributed by atoms with Crippen molar-refractivity contribution < 1.29 is 32.6 Å². The third-order valence-electron chi connectivity index (χ3n) is 7.41. The second kappa shape index (κ2) is 14.3. The molecular weight excluding hydrogens is 562 g/mol. The number of ether oxygens (including phenoxy) is 2. The lowest BCUT2D eigenvalue weighted by Crippen LogP contribution is -2.36. The van der Waals surface area contributed by atoms with Crippen LogP contribution in [0.1, 0.15) is 64.9 Å². The summed E-state index contributed by atoms with van der Waals surface area (Å²) < 4.78 is 38.7. The molecule has 10 nitrogen and oxygen atoms in total. The number of rotatable bonds is 10. The first kappa shape index (κ1) is 31.6. The molecule has 2 aromatic carbocycles. The molecule has 3 aromatic rings. The quantitative estimate of drug-likeness (QED) is 0.343. The van der Waals surface area contributed by atoms with E-state index in [4.69, 9.17) is 9.47 Å². The summed E-state index contributed by atoms with van der Waals surface area (Å²) in [7, 11) is 2.45. The van der Waals surface area contributed by atoms with E-state index in [1.807, 2.05) is 18.2 Å². The standard InChI is InChI=1S/C31H34F2N4O6/c1-19(38)34-23-7-4-6-21(16-23)20-11-14-36(15-12-20)13-5-8-27(39)37-29(22-9-10-24(32)25(33)17-22)28(30(40)43-3)26(18-42-2)35-31(37)41/h4,6-7,9-10,16-17,20H,5,8,11-15,18H2,1-3H3,(H,34,38). The van der Waals surface area contributed by atoms with Crippen molar-refractivity contribution in [1.82, 2.24) is 14.5 Å². The lowest BCUT2D eigenvalue weighted by atomic mass is 9.89. The van der Waals surface area contributed by atoms with Gasteiger partial charge in [-0.15, -0.1) is 0 Å². The van der Waals surface area contributed by atoms with Crippen molar-refractivity contribution in [3.05, 3.63) is 81.4 Å². The third kappa shape index (κ3) is 7.57. The molecule has 228 valence electrons. The van der Waals surface area contributed by atoms with Crippen LogP contribution in [0.3, 0.4) is 0 Å². The number of amides is 1. The molecule has 0 atom stereocenters. The van der Waals surface area contributed by atoms with Crippen molar-refractivity contribution in [2.24, 2.45) is 0 Å². The number of esters is 1. The van der Waals surface area contributed by atoms with Gasteiger partial charge < -0.3 is 19.7 Å². The number of aromatic nitrogens is 2. The maximum atomic E-state index is 14.2. The van der Waals surface area contributed by atoms with E-state index in [0.717, 1.165) is 61.0 Å². The highest BCUT2D eigenvalue weighted by molar-refractivity contribution is 5.99. The normalized spacial score (nSPS) is 14.0. The second-order valence-electron chi connectivity index (χ2n) is 10.4. The van der Waals surface area contributed by atoms with E-state index in [1.165, 1.54) is 20.1 Å². The Morgan fingerprint density at radius 3 is 2.44 bits per heavy atom. The highest BCUT2D eigenvalue weighted by Crippen LogP contribution is 2.30. The van der Waals surface area contributed by atoms with E-state index >= 15 is 0 Å². The minimum absolute atomic E-state index is 0.0544. The molecule has 1 saturated heterocycles. The average molecular weight is 597 g/mol. The highest BCUT2D eigenvalue weighted by Gasteiger charge is 2.28. The summed E-state index contributed by atoms with van der Waals surface area (Å²) in [5, 5.41) is 2.81. The molecule has 1 N–H and O–H groups in total. The molecule has 0 bridgehead atoms. The Balaban J connectivity index is 1.50. The Morgan fingerprint density at radius 2 is 1.79 bits per heavy atom. The molecule has 1 aliphatic heterocycles. The van der Waals surface area contributed by atoms with Gasteiger partial charge in [0.05, 0.1) is 25.1 Å². The number of nitrogens with zero attached hydrogens (tertiary/aromatic N) is 3. The Hall–Kier alpha value is -4.29. The molecule has 1 amide bonds. The lowest BCUT2D eigenvalue weighted by molar-refractivity contribution is -0.114. The van der Waals surface area contributed by atoms with Crippen molar-refractivity contribution in [2.45, 2.75) is 45.1 Å². The number of carbonyl (C=O) groups is 3. The van der Waals surface area contributed by atoms with Crippen molar-refractivity contribution in [3.63, 3.8) is 0 Å². The van der Waals surface area contributed by atoms with Gasteiger partial charge in [0.1, 0.15) is 5.56 Å². The summed E-state index contributed by atoms with van der Waals surface area (Å²) in [6.45, 7) is 3.43. The van der Waals surface area contributed by atoms with E-state index in [9.17, 15) is 28.0 Å². The van der Waals surface area contributed by atoms with Crippen LogP contribution >= 0.6 is 0 Å². The first-order valence-corrected chi connectivity index (χ1v) is 13.9. The van der Waals surface area contributed by atoms with Crippen LogP contribution in [0.2, 0.25) is 0 Å². The minimum Gasteiger partial charge on any atom is -0.465 e. The summed E-state index contributed by atoms with van der Waals surface area (Å²) in [6.07, 6.45) is 2.18. The molecule has 12 heteroatoms. The first-order valence-electron chi connectivity index (χ1n) is 13.9. The highest BCUT2D eigenvalue weighted by atomic mass is 19.2. The third-order valence-corrected chi connectivity index (χ3v) is 7.41. The van der Waals surface area contributed by atoms with Crippen LogP contribution in [0, 0.1) is 11.6 Å². The lowest BCUT2D eigenvalue weighted by Gasteiger charge is -2.32. The maximum absolute atomic E-state index is 14.2. The number of halogens is 2. The monoisotopic (exact) mass is 596 g/mol. The summed E-state index contributed by atoms with van der Waals surface area (Å²) in [6, 6.07) is 10.7. The molecule has 43 heavy (non-hydrogen) atoms. The molecular formula is C31H34F2N4O6. The number of methoxy groups -OCH3 is 2. The smallest absolute Gasteiger partial charge is 0.355 e.